The molecule has 1 aromatic rings. The molecule has 0 aromatic heterocycles. The van der Waals surface area contributed by atoms with Crippen LogP contribution >= 0.6 is 11.6 Å². The van der Waals surface area contributed by atoms with Gasteiger partial charge in [0.15, 0.2) is 0 Å². The fraction of sp³-hybridized carbons (Fsp3) is 0.364. The predicted molar refractivity (Wildman–Crippen MR) is 68.1 cm³/mol. The second-order valence-electron chi connectivity index (χ2n) is 3.84. The molecule has 0 saturated carbocycles. The standard InChI is InChI=1S/C11H13ClFNO4S/c1-2-3-14(7-11(15)16)19(17,18)10-5-8(12)4-9(13)6-10/h4-6H,2-3,7H2,1H3,(H,15,16). The summed E-state index contributed by atoms with van der Waals surface area (Å²) in [6.45, 7) is 1.07. The van der Waals surface area contributed by atoms with Crippen LogP contribution in [0, 0.1) is 5.82 Å². The van der Waals surface area contributed by atoms with E-state index in [4.69, 9.17) is 16.7 Å². The molecule has 5 nitrogen and oxygen atoms in total. The first kappa shape index (κ1) is 15.9. The van der Waals surface area contributed by atoms with Gasteiger partial charge < -0.3 is 5.11 Å². The summed E-state index contributed by atoms with van der Waals surface area (Å²) < 4.78 is 38.4. The highest BCUT2D eigenvalue weighted by Gasteiger charge is 2.26. The van der Waals surface area contributed by atoms with Crippen molar-refractivity contribution in [2.45, 2.75) is 18.2 Å². The molecule has 0 aliphatic heterocycles. The molecule has 0 radical (unpaired) electrons. The largest absolute Gasteiger partial charge is 0.480 e. The smallest absolute Gasteiger partial charge is 0.318 e. The van der Waals surface area contributed by atoms with Crippen LogP contribution in [0.5, 0.6) is 0 Å². The fourth-order valence-electron chi connectivity index (χ4n) is 1.51. The zero-order valence-corrected chi connectivity index (χ0v) is 11.7. The number of aliphatic carboxylic acids is 1. The van der Waals surface area contributed by atoms with E-state index in [1.165, 1.54) is 0 Å². The molecule has 0 atom stereocenters. The molecule has 19 heavy (non-hydrogen) atoms. The van der Waals surface area contributed by atoms with Crippen molar-refractivity contribution in [1.82, 2.24) is 4.31 Å². The lowest BCUT2D eigenvalue weighted by Gasteiger charge is -2.19. The maximum atomic E-state index is 13.2. The molecule has 0 heterocycles. The summed E-state index contributed by atoms with van der Waals surface area (Å²) in [7, 11) is -4.08. The van der Waals surface area contributed by atoms with E-state index in [0.29, 0.717) is 6.42 Å². The second-order valence-corrected chi connectivity index (χ2v) is 6.21. The molecule has 0 fully saturated rings. The summed E-state index contributed by atoms with van der Waals surface area (Å²) in [5.74, 6) is -2.07. The van der Waals surface area contributed by atoms with Crippen molar-refractivity contribution in [2.24, 2.45) is 0 Å². The molecule has 1 aromatic carbocycles. The maximum absolute atomic E-state index is 13.2. The number of carboxylic acids is 1. The van der Waals surface area contributed by atoms with Gasteiger partial charge in [-0.2, -0.15) is 4.31 Å². The van der Waals surface area contributed by atoms with Crippen LogP contribution in [0.3, 0.4) is 0 Å². The molecule has 0 aliphatic rings. The molecular weight excluding hydrogens is 297 g/mol. The number of carbonyl (C=O) groups is 1. The molecule has 0 saturated heterocycles. The second kappa shape index (κ2) is 6.31. The monoisotopic (exact) mass is 309 g/mol. The minimum absolute atomic E-state index is 0.0305. The Labute approximate surface area is 115 Å². The number of hydrogen-bond acceptors (Lipinski definition) is 3. The van der Waals surface area contributed by atoms with Gasteiger partial charge in [-0.25, -0.2) is 12.8 Å². The lowest BCUT2D eigenvalue weighted by atomic mass is 10.3. The van der Waals surface area contributed by atoms with Gasteiger partial charge in [-0.3, -0.25) is 4.79 Å². The average molecular weight is 310 g/mol. The van der Waals surface area contributed by atoms with E-state index < -0.39 is 28.4 Å². The number of sulfonamides is 1. The van der Waals surface area contributed by atoms with Gasteiger partial charge >= 0.3 is 5.97 Å². The van der Waals surface area contributed by atoms with E-state index in [9.17, 15) is 17.6 Å². The van der Waals surface area contributed by atoms with Crippen molar-refractivity contribution in [3.63, 3.8) is 0 Å². The molecular formula is C11H13ClFNO4S. The molecule has 0 spiro atoms. The summed E-state index contributed by atoms with van der Waals surface area (Å²) in [6.07, 6.45) is 0.440. The first-order valence-corrected chi connectivity index (χ1v) is 7.27. The quantitative estimate of drug-likeness (QED) is 0.871. The van der Waals surface area contributed by atoms with Crippen LogP contribution in [0.25, 0.3) is 0 Å². The summed E-state index contributed by atoms with van der Waals surface area (Å²) >= 11 is 5.60. The molecule has 106 valence electrons. The van der Waals surface area contributed by atoms with Crippen LogP contribution in [-0.4, -0.2) is 36.9 Å². The van der Waals surface area contributed by atoms with Crippen molar-refractivity contribution in [3.8, 4) is 0 Å². The van der Waals surface area contributed by atoms with E-state index in [0.717, 1.165) is 22.5 Å². The zero-order valence-electron chi connectivity index (χ0n) is 10.1. The van der Waals surface area contributed by atoms with Crippen molar-refractivity contribution in [1.29, 1.82) is 0 Å². The van der Waals surface area contributed by atoms with Gasteiger partial charge in [-0.1, -0.05) is 18.5 Å². The number of hydrogen-bond donors (Lipinski definition) is 1. The van der Waals surface area contributed by atoms with Crippen LogP contribution in [0.4, 0.5) is 4.39 Å². The first-order chi connectivity index (χ1) is 8.77. The van der Waals surface area contributed by atoms with E-state index in [-0.39, 0.29) is 16.5 Å². The lowest BCUT2D eigenvalue weighted by molar-refractivity contribution is -0.137. The Hall–Kier alpha value is -1.18. The van der Waals surface area contributed by atoms with Gasteiger partial charge in [-0.05, 0) is 24.6 Å². The van der Waals surface area contributed by atoms with E-state index in [1.54, 1.807) is 6.92 Å². The summed E-state index contributed by atoms with van der Waals surface area (Å²) in [6, 6.07) is 2.87. The van der Waals surface area contributed by atoms with Crippen LogP contribution in [0.1, 0.15) is 13.3 Å². The molecule has 0 unspecified atom stereocenters. The van der Waals surface area contributed by atoms with Gasteiger partial charge in [0.25, 0.3) is 0 Å². The predicted octanol–water partition coefficient (Wildman–Crippen LogP) is 1.96. The third kappa shape index (κ3) is 4.15. The fourth-order valence-corrected chi connectivity index (χ4v) is 3.34. The summed E-state index contributed by atoms with van der Waals surface area (Å²) in [5.41, 5.74) is 0. The third-order valence-electron chi connectivity index (χ3n) is 2.26. The van der Waals surface area contributed by atoms with Gasteiger partial charge in [-0.15, -0.1) is 0 Å². The molecule has 1 N–H and O–H groups in total. The van der Waals surface area contributed by atoms with Crippen molar-refractivity contribution in [2.75, 3.05) is 13.1 Å². The van der Waals surface area contributed by atoms with Gasteiger partial charge in [0.05, 0.1) is 4.90 Å². The van der Waals surface area contributed by atoms with Crippen molar-refractivity contribution >= 4 is 27.6 Å². The topological polar surface area (TPSA) is 74.7 Å². The number of benzene rings is 1. The van der Waals surface area contributed by atoms with Crippen LogP contribution in [-0.2, 0) is 14.8 Å². The van der Waals surface area contributed by atoms with Crippen molar-refractivity contribution < 1.29 is 22.7 Å². The minimum Gasteiger partial charge on any atom is -0.480 e. The van der Waals surface area contributed by atoms with Crippen LogP contribution < -0.4 is 0 Å². The Morgan fingerprint density at radius 3 is 2.53 bits per heavy atom. The van der Waals surface area contributed by atoms with E-state index in [1.807, 2.05) is 0 Å². The third-order valence-corrected chi connectivity index (χ3v) is 4.30. The minimum atomic E-state index is -4.08. The molecule has 0 amide bonds. The number of nitrogens with zero attached hydrogens (tertiary/aromatic N) is 1. The first-order valence-electron chi connectivity index (χ1n) is 5.45. The number of rotatable bonds is 6. The Bertz CT molecular complexity index is 556. The Balaban J connectivity index is 3.21. The number of carboxylic acid groups (broad SMARTS) is 1. The average Bonchev–Trinajstić information content (AvgIpc) is 2.26. The Morgan fingerprint density at radius 1 is 1.42 bits per heavy atom. The van der Waals surface area contributed by atoms with E-state index >= 15 is 0 Å². The Morgan fingerprint density at radius 2 is 2.05 bits per heavy atom. The highest BCUT2D eigenvalue weighted by Crippen LogP contribution is 2.21. The highest BCUT2D eigenvalue weighted by molar-refractivity contribution is 7.89. The number of halogens is 2. The Kier molecular flexibility index (Phi) is 5.28. The maximum Gasteiger partial charge on any atom is 0.318 e. The van der Waals surface area contributed by atoms with Crippen LogP contribution in [0.15, 0.2) is 23.1 Å². The molecule has 0 aliphatic carbocycles. The van der Waals surface area contributed by atoms with E-state index in [2.05, 4.69) is 0 Å². The van der Waals surface area contributed by atoms with Gasteiger partial charge in [0, 0.05) is 11.6 Å². The SMILES string of the molecule is CCCN(CC(=O)O)S(=O)(=O)c1cc(F)cc(Cl)c1. The summed E-state index contributed by atoms with van der Waals surface area (Å²) in [5, 5.41) is 8.66. The molecule has 0 bridgehead atoms. The molecule has 1 rings (SSSR count). The zero-order chi connectivity index (χ0) is 14.6. The van der Waals surface area contributed by atoms with Gasteiger partial charge in [0.2, 0.25) is 10.0 Å². The van der Waals surface area contributed by atoms with Crippen LogP contribution in [0.2, 0.25) is 5.02 Å². The molecule has 8 heteroatoms. The lowest BCUT2D eigenvalue weighted by Crippen LogP contribution is -2.36. The normalized spacial score (nSPS) is 11.8. The summed E-state index contributed by atoms with van der Waals surface area (Å²) in [4.78, 5) is 10.3. The van der Waals surface area contributed by atoms with Crippen molar-refractivity contribution in [3.05, 3.63) is 29.0 Å². The van der Waals surface area contributed by atoms with Gasteiger partial charge in [0.1, 0.15) is 12.4 Å². The highest BCUT2D eigenvalue weighted by atomic mass is 35.5.